The molecule has 82 valence electrons. The second-order valence-electron chi connectivity index (χ2n) is 4.33. The molecule has 0 saturated heterocycles. The van der Waals surface area contributed by atoms with E-state index in [2.05, 4.69) is 14.9 Å². The van der Waals surface area contributed by atoms with Crippen LogP contribution in [0.15, 0.2) is 9.59 Å². The van der Waals surface area contributed by atoms with E-state index in [9.17, 15) is 9.59 Å². The maximum absolute atomic E-state index is 11.6. The van der Waals surface area contributed by atoms with E-state index in [1.807, 2.05) is 20.8 Å². The highest BCUT2D eigenvalue weighted by molar-refractivity contribution is 5.28. The van der Waals surface area contributed by atoms with Gasteiger partial charge in [0.2, 0.25) is 0 Å². The first-order chi connectivity index (χ1) is 6.96. The van der Waals surface area contributed by atoms with Gasteiger partial charge in [0.05, 0.1) is 11.1 Å². The molecule has 0 amide bonds. The van der Waals surface area contributed by atoms with Crippen LogP contribution in [0.25, 0.3) is 0 Å². The molecule has 1 aromatic rings. The summed E-state index contributed by atoms with van der Waals surface area (Å²) in [6.45, 7) is 7.52. The van der Waals surface area contributed by atoms with Crippen molar-refractivity contribution in [2.24, 2.45) is 0 Å². The molecule has 1 aliphatic rings. The molecular weight excluding hydrogens is 194 g/mol. The number of fused-ring (bicyclic) bond motifs is 1. The lowest BCUT2D eigenvalue weighted by Crippen LogP contribution is -2.36. The number of H-pyrrole nitrogens is 2. The Labute approximate surface area is 87.1 Å². The van der Waals surface area contributed by atoms with Gasteiger partial charge < -0.3 is 4.98 Å². The lowest BCUT2D eigenvalue weighted by Gasteiger charge is -2.30. The lowest BCUT2D eigenvalue weighted by atomic mass is 10.0. The number of nitrogens with zero attached hydrogens (tertiary/aromatic N) is 1. The maximum atomic E-state index is 11.6. The average molecular weight is 209 g/mol. The van der Waals surface area contributed by atoms with Crippen LogP contribution in [0.5, 0.6) is 0 Å². The third kappa shape index (κ3) is 1.34. The Morgan fingerprint density at radius 1 is 1.33 bits per heavy atom. The fourth-order valence-corrected chi connectivity index (χ4v) is 2.24. The van der Waals surface area contributed by atoms with Crippen LogP contribution in [0.3, 0.4) is 0 Å². The molecule has 0 radical (unpaired) electrons. The van der Waals surface area contributed by atoms with Gasteiger partial charge in [0.15, 0.2) is 0 Å². The molecule has 1 aromatic heterocycles. The van der Waals surface area contributed by atoms with Crippen molar-refractivity contribution in [2.45, 2.75) is 32.9 Å². The van der Waals surface area contributed by atoms with Gasteiger partial charge in [-0.2, -0.15) is 0 Å². The highest BCUT2D eigenvalue weighted by Gasteiger charge is 2.38. The van der Waals surface area contributed by atoms with E-state index in [4.69, 9.17) is 0 Å². The van der Waals surface area contributed by atoms with Crippen LogP contribution in [-0.2, 0) is 12.1 Å². The normalized spacial score (nSPS) is 19.1. The molecule has 2 rings (SSSR count). The summed E-state index contributed by atoms with van der Waals surface area (Å²) in [7, 11) is 0. The van der Waals surface area contributed by atoms with Gasteiger partial charge in [-0.25, -0.2) is 4.79 Å². The van der Waals surface area contributed by atoms with Crippen LogP contribution < -0.4 is 11.2 Å². The summed E-state index contributed by atoms with van der Waals surface area (Å²) in [6.07, 6.45) is 0. The Morgan fingerprint density at radius 3 is 2.60 bits per heavy atom. The third-order valence-corrected chi connectivity index (χ3v) is 3.17. The molecule has 0 aromatic carbocycles. The van der Waals surface area contributed by atoms with E-state index >= 15 is 0 Å². The Bertz CT molecular complexity index is 498. The van der Waals surface area contributed by atoms with Crippen molar-refractivity contribution in [2.75, 3.05) is 6.54 Å². The molecule has 0 bridgehead atoms. The summed E-state index contributed by atoms with van der Waals surface area (Å²) < 4.78 is 0. The minimum Gasteiger partial charge on any atom is -0.309 e. The highest BCUT2D eigenvalue weighted by Crippen LogP contribution is 2.34. The molecule has 0 unspecified atom stereocenters. The van der Waals surface area contributed by atoms with Crippen molar-refractivity contribution in [3.8, 4) is 0 Å². The van der Waals surface area contributed by atoms with Gasteiger partial charge in [-0.15, -0.1) is 0 Å². The van der Waals surface area contributed by atoms with Gasteiger partial charge in [0.1, 0.15) is 0 Å². The molecule has 2 N–H and O–H groups in total. The topological polar surface area (TPSA) is 69.0 Å². The van der Waals surface area contributed by atoms with Crippen LogP contribution >= 0.6 is 0 Å². The van der Waals surface area contributed by atoms with Gasteiger partial charge >= 0.3 is 5.69 Å². The summed E-state index contributed by atoms with van der Waals surface area (Å²) in [5.74, 6) is 0. The predicted molar refractivity (Wildman–Crippen MR) is 56.8 cm³/mol. The maximum Gasteiger partial charge on any atom is 0.325 e. The second-order valence-corrected chi connectivity index (χ2v) is 4.33. The summed E-state index contributed by atoms with van der Waals surface area (Å²) in [5.41, 5.74) is 0.472. The Balaban J connectivity index is 2.69. The van der Waals surface area contributed by atoms with Gasteiger partial charge in [-0.05, 0) is 20.4 Å². The number of hydrogen-bond donors (Lipinski definition) is 2. The largest absolute Gasteiger partial charge is 0.325 e. The Morgan fingerprint density at radius 2 is 2.00 bits per heavy atom. The standard InChI is InChI=1S/C10H15N3O2/c1-4-13-5-6-7(10(13,2)3)11-9(15)12-8(6)14/h4-5H2,1-3H3,(H2,11,12,14,15). The average Bonchev–Trinajstić information content (AvgIpc) is 2.39. The zero-order valence-corrected chi connectivity index (χ0v) is 9.18. The molecule has 0 atom stereocenters. The minimum absolute atomic E-state index is 0.266. The second kappa shape index (κ2) is 3.06. The van der Waals surface area contributed by atoms with E-state index in [-0.39, 0.29) is 11.1 Å². The monoisotopic (exact) mass is 209 g/mol. The van der Waals surface area contributed by atoms with E-state index in [0.717, 1.165) is 12.2 Å². The quantitative estimate of drug-likeness (QED) is 0.691. The highest BCUT2D eigenvalue weighted by atomic mass is 16.2. The fourth-order valence-electron chi connectivity index (χ4n) is 2.24. The van der Waals surface area contributed by atoms with Crippen LogP contribution in [0.4, 0.5) is 0 Å². The SMILES string of the molecule is CCN1Cc2c([nH]c(=O)[nH]c2=O)C1(C)C. The van der Waals surface area contributed by atoms with Crippen LogP contribution in [-0.4, -0.2) is 21.4 Å². The molecule has 1 aliphatic heterocycles. The smallest absolute Gasteiger partial charge is 0.309 e. The van der Waals surface area contributed by atoms with Crippen molar-refractivity contribution in [3.05, 3.63) is 32.1 Å². The lowest BCUT2D eigenvalue weighted by molar-refractivity contribution is 0.142. The summed E-state index contributed by atoms with van der Waals surface area (Å²) in [4.78, 5) is 29.9. The zero-order valence-electron chi connectivity index (χ0n) is 9.18. The van der Waals surface area contributed by atoms with Crippen molar-refractivity contribution in [1.29, 1.82) is 0 Å². The van der Waals surface area contributed by atoms with E-state index in [0.29, 0.717) is 12.1 Å². The van der Waals surface area contributed by atoms with Crippen LogP contribution in [0, 0.1) is 0 Å². The number of aromatic nitrogens is 2. The summed E-state index contributed by atoms with van der Waals surface area (Å²) in [6, 6.07) is 0. The fraction of sp³-hybridized carbons (Fsp3) is 0.600. The number of aromatic amines is 2. The Hall–Kier alpha value is -1.36. The minimum atomic E-state index is -0.426. The molecular formula is C10H15N3O2. The zero-order chi connectivity index (χ0) is 11.2. The Kier molecular flexibility index (Phi) is 2.08. The third-order valence-electron chi connectivity index (χ3n) is 3.17. The molecule has 0 fully saturated rings. The molecule has 5 nitrogen and oxygen atoms in total. The van der Waals surface area contributed by atoms with Gasteiger partial charge in [-0.1, -0.05) is 6.92 Å². The molecule has 0 spiro atoms. The number of nitrogens with one attached hydrogen (secondary N) is 2. The first-order valence-electron chi connectivity index (χ1n) is 5.07. The molecule has 15 heavy (non-hydrogen) atoms. The molecule has 2 heterocycles. The first kappa shape index (κ1) is 10.2. The number of rotatable bonds is 1. The van der Waals surface area contributed by atoms with Crippen molar-refractivity contribution < 1.29 is 0 Å². The molecule has 5 heteroatoms. The summed E-state index contributed by atoms with van der Waals surface area (Å²) in [5, 5.41) is 0. The summed E-state index contributed by atoms with van der Waals surface area (Å²) >= 11 is 0. The van der Waals surface area contributed by atoms with Crippen LogP contribution in [0.1, 0.15) is 32.0 Å². The predicted octanol–water partition coefficient (Wildman–Crippen LogP) is 0.134. The van der Waals surface area contributed by atoms with Crippen molar-refractivity contribution in [3.63, 3.8) is 0 Å². The van der Waals surface area contributed by atoms with Crippen molar-refractivity contribution >= 4 is 0 Å². The van der Waals surface area contributed by atoms with E-state index < -0.39 is 5.69 Å². The van der Waals surface area contributed by atoms with Gasteiger partial charge in [-0.3, -0.25) is 14.7 Å². The molecule has 0 saturated carbocycles. The van der Waals surface area contributed by atoms with E-state index in [1.54, 1.807) is 0 Å². The van der Waals surface area contributed by atoms with Crippen LogP contribution in [0.2, 0.25) is 0 Å². The first-order valence-corrected chi connectivity index (χ1v) is 5.07. The van der Waals surface area contributed by atoms with Crippen molar-refractivity contribution in [1.82, 2.24) is 14.9 Å². The van der Waals surface area contributed by atoms with E-state index in [1.165, 1.54) is 0 Å². The van der Waals surface area contributed by atoms with Gasteiger partial charge in [0, 0.05) is 12.2 Å². The molecule has 0 aliphatic carbocycles. The van der Waals surface area contributed by atoms with Gasteiger partial charge in [0.25, 0.3) is 5.56 Å². The number of hydrogen-bond acceptors (Lipinski definition) is 3.